The van der Waals surface area contributed by atoms with Crippen LogP contribution in [0.1, 0.15) is 18.1 Å². The normalized spacial score (nSPS) is 20.9. The summed E-state index contributed by atoms with van der Waals surface area (Å²) in [6.07, 6.45) is 0.238. The van der Waals surface area contributed by atoms with Crippen molar-refractivity contribution in [3.05, 3.63) is 29.3 Å². The molecule has 0 spiro atoms. The van der Waals surface area contributed by atoms with Gasteiger partial charge in [0.05, 0.1) is 19.8 Å². The first-order valence-electron chi connectivity index (χ1n) is 6.62. The van der Waals surface area contributed by atoms with Gasteiger partial charge in [-0.15, -0.1) is 0 Å². The molecule has 1 fully saturated rings. The number of methoxy groups -OCH3 is 1. The van der Waals surface area contributed by atoms with Crippen molar-refractivity contribution in [1.82, 2.24) is 4.90 Å². The van der Waals surface area contributed by atoms with Crippen molar-refractivity contribution < 1.29 is 14.7 Å². The molecule has 1 heterocycles. The number of nitrogens with zero attached hydrogens (tertiary/aromatic N) is 2. The number of amidine groups is 1. The lowest BCUT2D eigenvalue weighted by Gasteiger charge is -2.31. The Morgan fingerprint density at radius 2 is 2.40 bits per heavy atom. The summed E-state index contributed by atoms with van der Waals surface area (Å²) in [5.41, 5.74) is 7.34. The fourth-order valence-corrected chi connectivity index (χ4v) is 2.39. The third kappa shape index (κ3) is 3.40. The molecule has 1 atom stereocenters. The molecule has 1 aliphatic heterocycles. The number of benzene rings is 1. The summed E-state index contributed by atoms with van der Waals surface area (Å²) in [7, 11) is 1.64. The van der Waals surface area contributed by atoms with Crippen LogP contribution >= 0.6 is 0 Å². The summed E-state index contributed by atoms with van der Waals surface area (Å²) in [4.78, 5) is 2.31. The summed E-state index contributed by atoms with van der Waals surface area (Å²) in [6, 6.07) is 5.51. The molecule has 1 aromatic carbocycles. The smallest absolute Gasteiger partial charge is 0.170 e. The van der Waals surface area contributed by atoms with Gasteiger partial charge in [0, 0.05) is 30.8 Å². The molecule has 20 heavy (non-hydrogen) atoms. The van der Waals surface area contributed by atoms with Gasteiger partial charge in [0.2, 0.25) is 0 Å². The first-order chi connectivity index (χ1) is 9.63. The first-order valence-corrected chi connectivity index (χ1v) is 6.62. The molecule has 2 rings (SSSR count). The van der Waals surface area contributed by atoms with E-state index in [1.165, 1.54) is 0 Å². The Hall–Kier alpha value is -1.79. The van der Waals surface area contributed by atoms with E-state index in [0.717, 1.165) is 37.6 Å². The molecular weight excluding hydrogens is 258 g/mol. The molecule has 1 aliphatic rings. The molecule has 6 heteroatoms. The molecule has 1 aromatic rings. The van der Waals surface area contributed by atoms with E-state index in [1.54, 1.807) is 13.2 Å². The Balaban J connectivity index is 2.19. The van der Waals surface area contributed by atoms with Crippen LogP contribution in [0.3, 0.4) is 0 Å². The van der Waals surface area contributed by atoms with Crippen LogP contribution in [0.25, 0.3) is 0 Å². The lowest BCUT2D eigenvalue weighted by molar-refractivity contribution is -0.0213. The van der Waals surface area contributed by atoms with Crippen LogP contribution in [0.4, 0.5) is 0 Å². The second-order valence-corrected chi connectivity index (χ2v) is 4.93. The Labute approximate surface area is 118 Å². The average molecular weight is 279 g/mol. The molecule has 0 amide bonds. The van der Waals surface area contributed by atoms with Gasteiger partial charge in [0.1, 0.15) is 5.75 Å². The monoisotopic (exact) mass is 279 g/mol. The van der Waals surface area contributed by atoms with Crippen molar-refractivity contribution in [3.63, 3.8) is 0 Å². The minimum absolute atomic E-state index is 0.101. The maximum Gasteiger partial charge on any atom is 0.170 e. The predicted molar refractivity (Wildman–Crippen MR) is 76.2 cm³/mol. The van der Waals surface area contributed by atoms with Crippen molar-refractivity contribution in [2.24, 2.45) is 10.9 Å². The van der Waals surface area contributed by atoms with Gasteiger partial charge < -0.3 is 20.4 Å². The summed E-state index contributed by atoms with van der Waals surface area (Å²) < 4.78 is 10.9. The number of hydrogen-bond acceptors (Lipinski definition) is 5. The number of rotatable bonds is 4. The van der Waals surface area contributed by atoms with Crippen molar-refractivity contribution in [1.29, 1.82) is 0 Å². The lowest BCUT2D eigenvalue weighted by Crippen LogP contribution is -2.40. The summed E-state index contributed by atoms with van der Waals surface area (Å²) in [6.45, 7) is 5.33. The van der Waals surface area contributed by atoms with E-state index in [4.69, 9.17) is 20.4 Å². The van der Waals surface area contributed by atoms with Crippen molar-refractivity contribution >= 4 is 5.84 Å². The SMILES string of the molecule is COc1ccc(/C(N)=N/O)cc1CN1CCOC(C)C1. The van der Waals surface area contributed by atoms with E-state index < -0.39 is 0 Å². The molecular formula is C14H21N3O3. The van der Waals surface area contributed by atoms with Gasteiger partial charge in [-0.1, -0.05) is 5.16 Å². The fourth-order valence-electron chi connectivity index (χ4n) is 2.39. The van der Waals surface area contributed by atoms with E-state index in [1.807, 2.05) is 12.1 Å². The highest BCUT2D eigenvalue weighted by molar-refractivity contribution is 5.97. The molecule has 0 saturated carbocycles. The second kappa shape index (κ2) is 6.58. The van der Waals surface area contributed by atoms with E-state index in [2.05, 4.69) is 17.0 Å². The molecule has 3 N–H and O–H groups in total. The van der Waals surface area contributed by atoms with Gasteiger partial charge in [-0.25, -0.2) is 0 Å². The van der Waals surface area contributed by atoms with Crippen LogP contribution in [-0.4, -0.2) is 48.9 Å². The summed E-state index contributed by atoms with van der Waals surface area (Å²) >= 11 is 0. The zero-order valence-electron chi connectivity index (χ0n) is 11.9. The molecule has 1 saturated heterocycles. The van der Waals surface area contributed by atoms with Gasteiger partial charge in [-0.3, -0.25) is 4.90 Å². The van der Waals surface area contributed by atoms with Crippen LogP contribution < -0.4 is 10.5 Å². The Bertz CT molecular complexity index is 491. The highest BCUT2D eigenvalue weighted by Gasteiger charge is 2.18. The molecule has 1 unspecified atom stereocenters. The summed E-state index contributed by atoms with van der Waals surface area (Å²) in [5, 5.41) is 11.8. The molecule has 6 nitrogen and oxygen atoms in total. The lowest BCUT2D eigenvalue weighted by atomic mass is 10.1. The third-order valence-corrected chi connectivity index (χ3v) is 3.40. The maximum atomic E-state index is 8.77. The van der Waals surface area contributed by atoms with E-state index in [9.17, 15) is 0 Å². The van der Waals surface area contributed by atoms with Gasteiger partial charge in [-0.2, -0.15) is 0 Å². The number of morpholine rings is 1. The zero-order valence-corrected chi connectivity index (χ0v) is 11.9. The molecule has 110 valence electrons. The van der Waals surface area contributed by atoms with Crippen molar-refractivity contribution in [2.45, 2.75) is 19.6 Å². The Morgan fingerprint density at radius 1 is 1.60 bits per heavy atom. The molecule has 0 radical (unpaired) electrons. The van der Waals surface area contributed by atoms with Crippen LogP contribution in [-0.2, 0) is 11.3 Å². The molecule has 0 bridgehead atoms. The van der Waals surface area contributed by atoms with E-state index >= 15 is 0 Å². The van der Waals surface area contributed by atoms with Gasteiger partial charge in [0.15, 0.2) is 5.84 Å². The quantitative estimate of drug-likeness (QED) is 0.372. The van der Waals surface area contributed by atoms with E-state index in [0.29, 0.717) is 5.56 Å². The zero-order chi connectivity index (χ0) is 14.5. The van der Waals surface area contributed by atoms with Crippen molar-refractivity contribution in [3.8, 4) is 5.75 Å². The average Bonchev–Trinajstić information content (AvgIpc) is 2.46. The van der Waals surface area contributed by atoms with Gasteiger partial charge >= 0.3 is 0 Å². The molecule has 0 aromatic heterocycles. The summed E-state index contributed by atoms with van der Waals surface area (Å²) in [5.74, 6) is 0.905. The van der Waals surface area contributed by atoms with Crippen LogP contribution in [0.5, 0.6) is 5.75 Å². The maximum absolute atomic E-state index is 8.77. The third-order valence-electron chi connectivity index (χ3n) is 3.40. The van der Waals surface area contributed by atoms with Crippen LogP contribution in [0.15, 0.2) is 23.4 Å². The van der Waals surface area contributed by atoms with Gasteiger partial charge in [0.25, 0.3) is 0 Å². The minimum Gasteiger partial charge on any atom is -0.496 e. The highest BCUT2D eigenvalue weighted by Crippen LogP contribution is 2.22. The topological polar surface area (TPSA) is 80.3 Å². The molecule has 0 aliphatic carbocycles. The number of ether oxygens (including phenoxy) is 2. The Morgan fingerprint density at radius 3 is 3.05 bits per heavy atom. The second-order valence-electron chi connectivity index (χ2n) is 4.93. The predicted octanol–water partition coefficient (Wildman–Crippen LogP) is 1.01. The number of nitrogens with two attached hydrogens (primary N) is 1. The van der Waals surface area contributed by atoms with Crippen LogP contribution in [0.2, 0.25) is 0 Å². The first kappa shape index (κ1) is 14.6. The largest absolute Gasteiger partial charge is 0.496 e. The number of hydrogen-bond donors (Lipinski definition) is 2. The van der Waals surface area contributed by atoms with Gasteiger partial charge in [-0.05, 0) is 25.1 Å². The minimum atomic E-state index is 0.101. The van der Waals surface area contributed by atoms with Crippen LogP contribution in [0, 0.1) is 0 Å². The number of oxime groups is 1. The highest BCUT2D eigenvalue weighted by atomic mass is 16.5. The van der Waals surface area contributed by atoms with Crippen molar-refractivity contribution in [2.75, 3.05) is 26.8 Å². The van der Waals surface area contributed by atoms with E-state index in [-0.39, 0.29) is 11.9 Å². The Kier molecular flexibility index (Phi) is 4.81. The fraction of sp³-hybridized carbons (Fsp3) is 0.500. The standard InChI is InChI=1S/C14H21N3O3/c1-10-8-17(5-6-20-10)9-12-7-11(14(15)16-18)3-4-13(12)19-2/h3-4,7,10,18H,5-6,8-9H2,1-2H3,(H2,15,16).